The number of alkyl carbamates (subject to hydrolysis) is 1. The van der Waals surface area contributed by atoms with Gasteiger partial charge in [0.1, 0.15) is 11.9 Å². The Morgan fingerprint density at radius 1 is 1.13 bits per heavy atom. The number of hydrogen-bond donors (Lipinski definition) is 3. The molecule has 1 atom stereocenters. The van der Waals surface area contributed by atoms with E-state index in [-0.39, 0.29) is 17.7 Å². The molecule has 0 bridgehead atoms. The van der Waals surface area contributed by atoms with Crippen LogP contribution in [0.1, 0.15) is 41.3 Å². The summed E-state index contributed by atoms with van der Waals surface area (Å²) in [5.41, 5.74) is 6.53. The Balaban J connectivity index is 1.18. The highest BCUT2D eigenvalue weighted by molar-refractivity contribution is 5.92. The first-order valence-electron chi connectivity index (χ1n) is 12.2. The van der Waals surface area contributed by atoms with Gasteiger partial charge in [0, 0.05) is 37.8 Å². The first-order valence-corrected chi connectivity index (χ1v) is 12.2. The van der Waals surface area contributed by atoms with Crippen LogP contribution in [0, 0.1) is 0 Å². The first kappa shape index (κ1) is 27.1. The van der Waals surface area contributed by atoms with Gasteiger partial charge in [0.2, 0.25) is 5.91 Å². The molecule has 0 spiro atoms. The van der Waals surface area contributed by atoms with E-state index in [1.807, 2.05) is 12.1 Å². The summed E-state index contributed by atoms with van der Waals surface area (Å²) in [5.74, 6) is -0.0675. The number of ether oxygens (including phenoxy) is 1. The SMILES string of the molecule is C[C@H](CNc1cnc2cc(C(F)(F)F)ccc2n1)NC(=O)OC1CCN(Cc2ccc(C(N)=O)cc2)CC1. The molecule has 1 saturated heterocycles. The summed E-state index contributed by atoms with van der Waals surface area (Å²) >= 11 is 0. The number of nitrogens with two attached hydrogens (primary N) is 1. The molecule has 1 aliphatic rings. The molecule has 4 N–H and O–H groups in total. The number of alkyl halides is 3. The number of anilines is 1. The van der Waals surface area contributed by atoms with E-state index < -0.39 is 23.7 Å². The number of likely N-dealkylation sites (tertiary alicyclic amines) is 1. The van der Waals surface area contributed by atoms with Gasteiger partial charge in [0.25, 0.3) is 0 Å². The van der Waals surface area contributed by atoms with Crippen LogP contribution < -0.4 is 16.4 Å². The lowest BCUT2D eigenvalue weighted by atomic mass is 10.1. The normalized spacial score (nSPS) is 15.7. The summed E-state index contributed by atoms with van der Waals surface area (Å²) in [6.07, 6.45) is -2.36. The molecule has 0 saturated carbocycles. The fourth-order valence-corrected chi connectivity index (χ4v) is 4.19. The summed E-state index contributed by atoms with van der Waals surface area (Å²) in [5, 5.41) is 5.81. The van der Waals surface area contributed by atoms with Gasteiger partial charge in [-0.05, 0) is 55.7 Å². The zero-order valence-electron chi connectivity index (χ0n) is 20.8. The summed E-state index contributed by atoms with van der Waals surface area (Å²) in [6.45, 7) is 4.41. The van der Waals surface area contributed by atoms with E-state index >= 15 is 0 Å². The average Bonchev–Trinajstić information content (AvgIpc) is 2.88. The Hall–Kier alpha value is -3.93. The third-order valence-electron chi connectivity index (χ3n) is 6.28. The van der Waals surface area contributed by atoms with Crippen molar-refractivity contribution in [3.05, 3.63) is 65.4 Å². The Morgan fingerprint density at radius 3 is 2.50 bits per heavy atom. The van der Waals surface area contributed by atoms with Crippen LogP contribution in [0.3, 0.4) is 0 Å². The van der Waals surface area contributed by atoms with Crippen LogP contribution in [0.4, 0.5) is 23.8 Å². The minimum absolute atomic E-state index is 0.146. The fourth-order valence-electron chi connectivity index (χ4n) is 4.19. The quantitative estimate of drug-likeness (QED) is 0.403. The fraction of sp³-hybridized carbons (Fsp3) is 0.385. The molecule has 1 aromatic heterocycles. The van der Waals surface area contributed by atoms with Crippen molar-refractivity contribution in [2.45, 2.75) is 44.6 Å². The lowest BCUT2D eigenvalue weighted by Gasteiger charge is -2.31. The number of fused-ring (bicyclic) bond motifs is 1. The van der Waals surface area contributed by atoms with E-state index in [9.17, 15) is 22.8 Å². The Kier molecular flexibility index (Phi) is 8.30. The Morgan fingerprint density at radius 2 is 1.84 bits per heavy atom. The maximum Gasteiger partial charge on any atom is 0.416 e. The number of nitrogens with one attached hydrogen (secondary N) is 2. The highest BCUT2D eigenvalue weighted by Gasteiger charge is 2.30. The van der Waals surface area contributed by atoms with Crippen molar-refractivity contribution in [2.24, 2.45) is 5.73 Å². The second kappa shape index (κ2) is 11.6. The van der Waals surface area contributed by atoms with E-state index in [0.29, 0.717) is 36.3 Å². The molecular weight excluding hydrogens is 501 g/mol. The molecule has 1 fully saturated rings. The molecule has 0 unspecified atom stereocenters. The van der Waals surface area contributed by atoms with Gasteiger partial charge in [-0.25, -0.2) is 9.78 Å². The Labute approximate surface area is 217 Å². The van der Waals surface area contributed by atoms with Crippen LogP contribution in [0.5, 0.6) is 0 Å². The largest absolute Gasteiger partial charge is 0.446 e. The van der Waals surface area contributed by atoms with Gasteiger partial charge in [-0.1, -0.05) is 12.1 Å². The lowest BCUT2D eigenvalue weighted by molar-refractivity contribution is -0.137. The molecule has 4 rings (SSSR count). The lowest BCUT2D eigenvalue weighted by Crippen LogP contribution is -2.42. The van der Waals surface area contributed by atoms with E-state index in [1.165, 1.54) is 12.3 Å². The number of primary amides is 1. The summed E-state index contributed by atoms with van der Waals surface area (Å²) in [6, 6.07) is 10.1. The maximum atomic E-state index is 12.9. The second-order valence-corrected chi connectivity index (χ2v) is 9.32. The number of halogens is 3. The van der Waals surface area contributed by atoms with Crippen molar-refractivity contribution in [1.82, 2.24) is 20.2 Å². The van der Waals surface area contributed by atoms with Gasteiger partial charge in [-0.15, -0.1) is 0 Å². The molecule has 2 aromatic carbocycles. The maximum absolute atomic E-state index is 12.9. The van der Waals surface area contributed by atoms with Gasteiger partial charge < -0.3 is 21.1 Å². The van der Waals surface area contributed by atoms with Crippen molar-refractivity contribution in [1.29, 1.82) is 0 Å². The predicted octanol–water partition coefficient (Wildman–Crippen LogP) is 3.94. The average molecular weight is 531 g/mol. The Bertz CT molecular complexity index is 1280. The van der Waals surface area contributed by atoms with Gasteiger partial charge >= 0.3 is 12.3 Å². The molecule has 0 radical (unpaired) electrons. The molecule has 3 aromatic rings. The van der Waals surface area contributed by atoms with Crippen LogP contribution in [0.2, 0.25) is 0 Å². The number of hydrogen-bond acceptors (Lipinski definition) is 7. The minimum atomic E-state index is -4.44. The van der Waals surface area contributed by atoms with Crippen molar-refractivity contribution in [3.8, 4) is 0 Å². The zero-order valence-corrected chi connectivity index (χ0v) is 20.8. The molecule has 1 aliphatic heterocycles. The number of nitrogens with zero attached hydrogens (tertiary/aromatic N) is 3. The van der Waals surface area contributed by atoms with Crippen molar-refractivity contribution in [3.63, 3.8) is 0 Å². The summed E-state index contributed by atoms with van der Waals surface area (Å²) in [7, 11) is 0. The van der Waals surface area contributed by atoms with Crippen LogP contribution in [-0.2, 0) is 17.5 Å². The number of rotatable bonds is 8. The van der Waals surface area contributed by atoms with Gasteiger partial charge in [0.05, 0.1) is 22.8 Å². The van der Waals surface area contributed by atoms with Crippen molar-refractivity contribution >= 4 is 28.9 Å². The van der Waals surface area contributed by atoms with Crippen molar-refractivity contribution < 1.29 is 27.5 Å². The summed E-state index contributed by atoms with van der Waals surface area (Å²) in [4.78, 5) is 34.1. The van der Waals surface area contributed by atoms with Crippen LogP contribution in [0.15, 0.2) is 48.7 Å². The highest BCUT2D eigenvalue weighted by Crippen LogP contribution is 2.30. The molecule has 12 heteroatoms. The topological polar surface area (TPSA) is 122 Å². The second-order valence-electron chi connectivity index (χ2n) is 9.32. The van der Waals surface area contributed by atoms with Gasteiger partial charge in [0.15, 0.2) is 0 Å². The van der Waals surface area contributed by atoms with E-state index in [4.69, 9.17) is 10.5 Å². The highest BCUT2D eigenvalue weighted by atomic mass is 19.4. The monoisotopic (exact) mass is 530 g/mol. The predicted molar refractivity (Wildman–Crippen MR) is 135 cm³/mol. The first-order chi connectivity index (χ1) is 18.1. The molecule has 2 amide bonds. The number of piperidine rings is 1. The van der Waals surface area contributed by atoms with E-state index in [1.54, 1.807) is 19.1 Å². The third kappa shape index (κ3) is 7.31. The molecule has 2 heterocycles. The number of amides is 2. The van der Waals surface area contributed by atoms with Crippen molar-refractivity contribution in [2.75, 3.05) is 25.0 Å². The minimum Gasteiger partial charge on any atom is -0.446 e. The number of benzene rings is 2. The third-order valence-corrected chi connectivity index (χ3v) is 6.28. The van der Waals surface area contributed by atoms with Gasteiger partial charge in [-0.3, -0.25) is 14.7 Å². The number of carbonyl (C=O) groups is 2. The molecule has 9 nitrogen and oxygen atoms in total. The standard InChI is InChI=1S/C26H29F3N6O3/c1-16(13-32-23-14-31-22-12-19(26(27,28)29)6-7-21(22)34-23)33-25(37)38-20-8-10-35(11-9-20)15-17-2-4-18(5-3-17)24(30)36/h2-7,12,14,16,20H,8-11,13,15H2,1H3,(H2,30,36)(H,32,34)(H,33,37)/t16-/m1/s1. The van der Waals surface area contributed by atoms with Crippen LogP contribution in [0.25, 0.3) is 11.0 Å². The summed E-state index contributed by atoms with van der Waals surface area (Å²) < 4.78 is 44.2. The molecular formula is C26H29F3N6O3. The van der Waals surface area contributed by atoms with Crippen LogP contribution in [-0.4, -0.2) is 58.6 Å². The number of carbonyl (C=O) groups excluding carboxylic acids is 2. The smallest absolute Gasteiger partial charge is 0.416 e. The molecule has 38 heavy (non-hydrogen) atoms. The molecule has 0 aliphatic carbocycles. The zero-order chi connectivity index (χ0) is 27.3. The van der Waals surface area contributed by atoms with E-state index in [0.717, 1.165) is 37.3 Å². The van der Waals surface area contributed by atoms with Gasteiger partial charge in [-0.2, -0.15) is 13.2 Å². The number of aromatic nitrogens is 2. The molecule has 202 valence electrons. The van der Waals surface area contributed by atoms with E-state index in [2.05, 4.69) is 25.5 Å². The van der Waals surface area contributed by atoms with Crippen LogP contribution >= 0.6 is 0 Å².